The van der Waals surface area contributed by atoms with Crippen molar-refractivity contribution >= 4 is 23.7 Å². The van der Waals surface area contributed by atoms with Gasteiger partial charge in [-0.2, -0.15) is 0 Å². The van der Waals surface area contributed by atoms with Gasteiger partial charge < -0.3 is 5.73 Å². The maximum atomic E-state index is 6.22. The molecule has 0 spiro atoms. The molecule has 0 bridgehead atoms. The maximum Gasteiger partial charge on any atom is 0.0959 e. The lowest BCUT2D eigenvalue weighted by molar-refractivity contribution is 0.0906. The number of rotatable bonds is 3. The minimum Gasteiger partial charge on any atom is -0.327 e. The van der Waals surface area contributed by atoms with Gasteiger partial charge in [-0.3, -0.25) is 4.90 Å². The summed E-state index contributed by atoms with van der Waals surface area (Å²) >= 11 is 1.94. The van der Waals surface area contributed by atoms with Gasteiger partial charge in [-0.15, -0.1) is 23.7 Å². The Morgan fingerprint density at radius 2 is 2.05 bits per heavy atom. The molecule has 1 aromatic heterocycles. The van der Waals surface area contributed by atoms with Crippen molar-refractivity contribution in [2.24, 2.45) is 11.1 Å². The van der Waals surface area contributed by atoms with Crippen molar-refractivity contribution in [2.75, 3.05) is 13.1 Å². The van der Waals surface area contributed by atoms with Crippen molar-refractivity contribution in [3.8, 4) is 0 Å². The molecule has 21 heavy (non-hydrogen) atoms. The first-order chi connectivity index (χ1) is 9.54. The third-order valence-electron chi connectivity index (χ3n) is 5.05. The lowest BCUT2D eigenvalue weighted by Gasteiger charge is -2.42. The number of nitrogens with two attached hydrogens (primary N) is 1. The van der Waals surface area contributed by atoms with Gasteiger partial charge in [0, 0.05) is 42.7 Å². The molecule has 1 saturated heterocycles. The van der Waals surface area contributed by atoms with E-state index in [2.05, 4.69) is 29.9 Å². The van der Waals surface area contributed by atoms with Crippen molar-refractivity contribution in [1.29, 1.82) is 0 Å². The summed E-state index contributed by atoms with van der Waals surface area (Å²) in [5.74, 6) is 0.750. The Hall–Kier alpha value is -0.160. The van der Waals surface area contributed by atoms with Crippen LogP contribution in [0.25, 0.3) is 0 Å². The lowest BCUT2D eigenvalue weighted by Crippen LogP contribution is -2.51. The summed E-state index contributed by atoms with van der Waals surface area (Å²) in [5.41, 5.74) is 6.45. The van der Waals surface area contributed by atoms with Crippen LogP contribution in [0.3, 0.4) is 0 Å². The van der Waals surface area contributed by atoms with Crippen molar-refractivity contribution in [3.63, 3.8) is 0 Å². The van der Waals surface area contributed by atoms with E-state index >= 15 is 0 Å². The molecule has 0 amide bonds. The largest absolute Gasteiger partial charge is 0.327 e. The topological polar surface area (TPSA) is 42.2 Å². The zero-order valence-electron chi connectivity index (χ0n) is 13.2. The van der Waals surface area contributed by atoms with E-state index in [1.165, 1.54) is 35.6 Å². The van der Waals surface area contributed by atoms with E-state index in [0.717, 1.165) is 32.0 Å². The van der Waals surface area contributed by atoms with Crippen LogP contribution < -0.4 is 5.73 Å². The predicted octanol–water partition coefficient (Wildman–Crippen LogP) is 3.78. The molecule has 1 saturated carbocycles. The van der Waals surface area contributed by atoms with Crippen LogP contribution in [0.1, 0.15) is 61.8 Å². The fraction of sp³-hybridized carbons (Fsp3) is 0.812. The highest BCUT2D eigenvalue weighted by Gasteiger charge is 2.33. The molecule has 1 unspecified atom stereocenters. The van der Waals surface area contributed by atoms with Gasteiger partial charge in [-0.1, -0.05) is 26.7 Å². The average molecular weight is 330 g/mol. The van der Waals surface area contributed by atoms with Gasteiger partial charge in [0.1, 0.15) is 0 Å². The third kappa shape index (κ3) is 3.98. The second-order valence-corrected chi connectivity index (χ2v) is 8.39. The highest BCUT2D eigenvalue weighted by atomic mass is 35.5. The second kappa shape index (κ2) is 6.95. The number of piperidine rings is 1. The Morgan fingerprint density at radius 1 is 1.33 bits per heavy atom. The summed E-state index contributed by atoms with van der Waals surface area (Å²) in [7, 11) is 0. The smallest absolute Gasteiger partial charge is 0.0959 e. The molecule has 1 atom stereocenters. The van der Waals surface area contributed by atoms with Crippen molar-refractivity contribution in [1.82, 2.24) is 9.88 Å². The van der Waals surface area contributed by atoms with E-state index in [1.807, 2.05) is 11.3 Å². The highest BCUT2D eigenvalue weighted by Crippen LogP contribution is 2.36. The fourth-order valence-corrected chi connectivity index (χ4v) is 4.73. The number of likely N-dealkylation sites (tertiary alicyclic amines) is 1. The number of nitrogens with zero attached hydrogens (tertiary/aromatic N) is 2. The van der Waals surface area contributed by atoms with Crippen molar-refractivity contribution in [2.45, 2.75) is 64.5 Å². The Morgan fingerprint density at radius 3 is 2.71 bits per heavy atom. The molecule has 1 aliphatic heterocycles. The molecule has 3 nitrogen and oxygen atoms in total. The van der Waals surface area contributed by atoms with E-state index in [4.69, 9.17) is 5.73 Å². The monoisotopic (exact) mass is 329 g/mol. The van der Waals surface area contributed by atoms with Crippen LogP contribution in [-0.4, -0.2) is 29.0 Å². The molecule has 2 fully saturated rings. The number of hydrogen-bond acceptors (Lipinski definition) is 4. The number of hydrogen-bond donors (Lipinski definition) is 1. The second-order valence-electron chi connectivity index (χ2n) is 7.24. The summed E-state index contributed by atoms with van der Waals surface area (Å²) in [5, 5.41) is 1.38. The molecule has 5 heteroatoms. The summed E-state index contributed by atoms with van der Waals surface area (Å²) in [4.78, 5) is 8.66. The molecule has 1 aliphatic carbocycles. The van der Waals surface area contributed by atoms with Gasteiger partial charge >= 0.3 is 0 Å². The van der Waals surface area contributed by atoms with Crippen LogP contribution in [0.15, 0.2) is 6.20 Å². The molecule has 2 heterocycles. The minimum absolute atomic E-state index is 0. The molecule has 0 radical (unpaired) electrons. The minimum atomic E-state index is 0. The number of halogens is 1. The van der Waals surface area contributed by atoms with E-state index in [-0.39, 0.29) is 17.8 Å². The highest BCUT2D eigenvalue weighted by molar-refractivity contribution is 7.11. The quantitative estimate of drug-likeness (QED) is 0.917. The van der Waals surface area contributed by atoms with E-state index in [9.17, 15) is 0 Å². The van der Waals surface area contributed by atoms with Crippen LogP contribution in [0.4, 0.5) is 0 Å². The van der Waals surface area contributed by atoms with Crippen molar-refractivity contribution in [3.05, 3.63) is 16.1 Å². The molecule has 3 rings (SSSR count). The van der Waals surface area contributed by atoms with Crippen LogP contribution in [0.5, 0.6) is 0 Å². The van der Waals surface area contributed by atoms with Crippen LogP contribution in [0, 0.1) is 5.41 Å². The number of thiazole rings is 1. The summed E-state index contributed by atoms with van der Waals surface area (Å²) in [6.45, 7) is 7.87. The van der Waals surface area contributed by atoms with Gasteiger partial charge in [0.15, 0.2) is 0 Å². The summed E-state index contributed by atoms with van der Waals surface area (Å²) in [6, 6.07) is 0.342. The van der Waals surface area contributed by atoms with Gasteiger partial charge in [-0.25, -0.2) is 4.98 Å². The van der Waals surface area contributed by atoms with Crippen LogP contribution in [0.2, 0.25) is 0 Å². The Bertz CT molecular complexity index is 454. The van der Waals surface area contributed by atoms with E-state index in [0.29, 0.717) is 6.04 Å². The third-order valence-corrected chi connectivity index (χ3v) is 6.19. The summed E-state index contributed by atoms with van der Waals surface area (Å²) in [6.07, 6.45) is 8.69. The molecule has 120 valence electrons. The van der Waals surface area contributed by atoms with Gasteiger partial charge in [-0.05, 0) is 24.7 Å². The SMILES string of the molecule is CC1(C)CN(Cc2cnc(C3CCCC3)s2)CCC1N.Cl. The van der Waals surface area contributed by atoms with Crippen molar-refractivity contribution < 1.29 is 0 Å². The van der Waals surface area contributed by atoms with E-state index in [1.54, 1.807) is 0 Å². The van der Waals surface area contributed by atoms with Crippen LogP contribution in [-0.2, 0) is 6.54 Å². The first kappa shape index (κ1) is 17.2. The normalized spacial score (nSPS) is 26.7. The molecular formula is C16H28ClN3S. The van der Waals surface area contributed by atoms with Gasteiger partial charge in [0.05, 0.1) is 5.01 Å². The predicted molar refractivity (Wildman–Crippen MR) is 92.2 cm³/mol. The Kier molecular flexibility index (Phi) is 5.69. The lowest BCUT2D eigenvalue weighted by atomic mass is 9.80. The average Bonchev–Trinajstić information content (AvgIpc) is 3.03. The fourth-order valence-electron chi connectivity index (χ4n) is 3.60. The van der Waals surface area contributed by atoms with Crippen LogP contribution >= 0.6 is 23.7 Å². The zero-order chi connectivity index (χ0) is 14.2. The Balaban J connectivity index is 0.00000161. The maximum absolute atomic E-state index is 6.22. The molecule has 2 aliphatic rings. The summed E-state index contributed by atoms with van der Waals surface area (Å²) < 4.78 is 0. The Labute approximate surface area is 138 Å². The first-order valence-electron chi connectivity index (χ1n) is 7.97. The van der Waals surface area contributed by atoms with Gasteiger partial charge in [0.25, 0.3) is 0 Å². The van der Waals surface area contributed by atoms with Gasteiger partial charge in [0.2, 0.25) is 0 Å². The molecular weight excluding hydrogens is 302 g/mol. The van der Waals surface area contributed by atoms with E-state index < -0.39 is 0 Å². The molecule has 1 aromatic rings. The molecule has 0 aromatic carbocycles. The standard InChI is InChI=1S/C16H27N3S.ClH/c1-16(2)11-19(8-7-14(16)17)10-13-9-18-15(20-13)12-5-3-4-6-12;/h9,12,14H,3-8,10-11,17H2,1-2H3;1H. The first-order valence-corrected chi connectivity index (χ1v) is 8.79. The molecule has 2 N–H and O–H groups in total. The zero-order valence-corrected chi connectivity index (χ0v) is 14.8. The number of aromatic nitrogens is 1.